The lowest BCUT2D eigenvalue weighted by Gasteiger charge is -2.45. The van der Waals surface area contributed by atoms with Crippen LogP contribution < -0.4 is 9.64 Å². The summed E-state index contributed by atoms with van der Waals surface area (Å²) in [6, 6.07) is 1.95. The molecule has 0 amide bonds. The van der Waals surface area contributed by atoms with Crippen LogP contribution in [0.4, 0.5) is 5.82 Å². The Morgan fingerprint density at radius 1 is 1.29 bits per heavy atom. The highest BCUT2D eigenvalue weighted by molar-refractivity contribution is 7.91. The summed E-state index contributed by atoms with van der Waals surface area (Å²) in [7, 11) is 0. The Hall–Kier alpha value is -2.56. The molecule has 3 aromatic rings. The number of aromatic nitrogens is 4. The zero-order chi connectivity index (χ0) is 21.9. The van der Waals surface area contributed by atoms with Crippen LogP contribution in [0.25, 0.3) is 22.4 Å². The second-order valence-electron chi connectivity index (χ2n) is 8.53. The number of rotatable bonds is 3. The van der Waals surface area contributed by atoms with E-state index in [1.807, 2.05) is 19.9 Å². The van der Waals surface area contributed by atoms with Crippen molar-refractivity contribution in [1.29, 1.82) is 0 Å². The Labute approximate surface area is 183 Å². The van der Waals surface area contributed by atoms with E-state index in [4.69, 9.17) is 19.4 Å². The molecular formula is C21H25N5O4S. The fraction of sp³-hybridized carbons (Fsp3) is 0.476. The third-order valence-electron chi connectivity index (χ3n) is 6.13. The van der Waals surface area contributed by atoms with Gasteiger partial charge in [-0.1, -0.05) is 0 Å². The standard InChI is InChI=1S/C21H25N5O4S/c1-11-8-29-9-12-10-30-16-17(21(2,3)31(4)28)24-19(25-20(16)26(11)12)15-13-5-6-22-18(13)23-7-14(15)27/h5-7,11-12,27H,8-10H2,1-4H3,(H,22,23)/t11-,12+,31?/m1/s1. The second-order valence-corrected chi connectivity index (χ2v) is 10.5. The highest BCUT2D eigenvalue weighted by atomic mass is 32.2. The number of fused-ring (bicyclic) bond motifs is 4. The molecule has 31 heavy (non-hydrogen) atoms. The van der Waals surface area contributed by atoms with Gasteiger partial charge in [0, 0.05) is 11.6 Å². The van der Waals surface area contributed by atoms with E-state index in [0.29, 0.717) is 59.5 Å². The fourth-order valence-electron chi connectivity index (χ4n) is 4.22. The SMILES string of the molecule is C[C@@H]1COC[C@H]2COc3c(nc(-c4c(O)cnc5[nH]ccc45)nc3C(C)(C)[S+](C)[O-])N21. The van der Waals surface area contributed by atoms with Gasteiger partial charge in [-0.3, -0.25) is 0 Å². The predicted molar refractivity (Wildman–Crippen MR) is 118 cm³/mol. The Balaban J connectivity index is 1.80. The first-order chi connectivity index (χ1) is 14.8. The first-order valence-corrected chi connectivity index (χ1v) is 11.7. The maximum absolute atomic E-state index is 12.7. The van der Waals surface area contributed by atoms with Gasteiger partial charge < -0.3 is 29.0 Å². The molecule has 0 aromatic carbocycles. The number of hydrogen-bond donors (Lipinski definition) is 2. The molecule has 1 unspecified atom stereocenters. The van der Waals surface area contributed by atoms with Crippen molar-refractivity contribution in [3.8, 4) is 22.9 Å². The van der Waals surface area contributed by atoms with Crippen molar-refractivity contribution >= 4 is 28.0 Å². The normalized spacial score (nSPS) is 22.0. The summed E-state index contributed by atoms with van der Waals surface area (Å²) < 4.78 is 23.8. The topological polar surface area (TPSA) is 119 Å². The molecule has 0 bridgehead atoms. The number of nitrogens with zero attached hydrogens (tertiary/aromatic N) is 4. The van der Waals surface area contributed by atoms with E-state index < -0.39 is 15.9 Å². The van der Waals surface area contributed by atoms with Gasteiger partial charge in [-0.05, 0) is 38.0 Å². The average Bonchev–Trinajstić information content (AvgIpc) is 3.21. The minimum atomic E-state index is -1.23. The Bertz CT molecular complexity index is 1150. The zero-order valence-corrected chi connectivity index (χ0v) is 18.7. The summed E-state index contributed by atoms with van der Waals surface area (Å²) >= 11 is -1.23. The van der Waals surface area contributed by atoms with Crippen molar-refractivity contribution in [1.82, 2.24) is 19.9 Å². The molecule has 164 valence electrons. The number of ether oxygens (including phenoxy) is 2. The quantitative estimate of drug-likeness (QED) is 0.592. The zero-order valence-electron chi connectivity index (χ0n) is 17.9. The molecule has 0 aliphatic carbocycles. The van der Waals surface area contributed by atoms with E-state index >= 15 is 0 Å². The van der Waals surface area contributed by atoms with Crippen LogP contribution in [-0.4, -0.2) is 67.8 Å². The monoisotopic (exact) mass is 443 g/mol. The molecule has 2 aliphatic heterocycles. The third-order valence-corrected chi connectivity index (χ3v) is 7.76. The van der Waals surface area contributed by atoms with Crippen LogP contribution in [0.15, 0.2) is 18.5 Å². The van der Waals surface area contributed by atoms with Gasteiger partial charge in [0.15, 0.2) is 22.1 Å². The molecule has 3 atom stereocenters. The summed E-state index contributed by atoms with van der Waals surface area (Å²) in [5.41, 5.74) is 1.67. The van der Waals surface area contributed by atoms with Crippen molar-refractivity contribution in [2.24, 2.45) is 0 Å². The van der Waals surface area contributed by atoms with E-state index in [2.05, 4.69) is 21.8 Å². The predicted octanol–water partition coefficient (Wildman–Crippen LogP) is 2.33. The molecule has 5 rings (SSSR count). The molecule has 10 heteroatoms. The van der Waals surface area contributed by atoms with Crippen molar-refractivity contribution < 1.29 is 19.1 Å². The largest absolute Gasteiger partial charge is 0.616 e. The van der Waals surface area contributed by atoms with Gasteiger partial charge >= 0.3 is 0 Å². The lowest BCUT2D eigenvalue weighted by Crippen LogP contribution is -2.56. The van der Waals surface area contributed by atoms with Gasteiger partial charge in [0.05, 0.1) is 43.3 Å². The van der Waals surface area contributed by atoms with Gasteiger partial charge in [0.25, 0.3) is 0 Å². The summed E-state index contributed by atoms with van der Waals surface area (Å²) in [6.45, 7) is 7.42. The number of aromatic amines is 1. The van der Waals surface area contributed by atoms with Crippen LogP contribution in [-0.2, 0) is 20.7 Å². The van der Waals surface area contributed by atoms with E-state index in [1.54, 1.807) is 12.5 Å². The van der Waals surface area contributed by atoms with Gasteiger partial charge in [-0.2, -0.15) is 0 Å². The summed E-state index contributed by atoms with van der Waals surface area (Å²) in [6.07, 6.45) is 4.80. The summed E-state index contributed by atoms with van der Waals surface area (Å²) in [5, 5.41) is 11.4. The first-order valence-electron chi connectivity index (χ1n) is 10.2. The molecule has 2 N–H and O–H groups in total. The lowest BCUT2D eigenvalue weighted by atomic mass is 10.0. The molecule has 1 fully saturated rings. The average molecular weight is 444 g/mol. The highest BCUT2D eigenvalue weighted by Crippen LogP contribution is 2.45. The molecule has 0 saturated carbocycles. The second kappa shape index (κ2) is 7.25. The van der Waals surface area contributed by atoms with Crippen molar-refractivity contribution in [2.75, 3.05) is 31.0 Å². The molecule has 2 aliphatic rings. The van der Waals surface area contributed by atoms with Crippen LogP contribution in [0, 0.1) is 0 Å². The molecule has 5 heterocycles. The molecular weight excluding hydrogens is 418 g/mol. The van der Waals surface area contributed by atoms with Crippen molar-refractivity contribution in [3.05, 3.63) is 24.2 Å². The lowest BCUT2D eigenvalue weighted by molar-refractivity contribution is 0.0482. The van der Waals surface area contributed by atoms with Crippen LogP contribution in [0.1, 0.15) is 26.5 Å². The Morgan fingerprint density at radius 2 is 2.10 bits per heavy atom. The number of pyridine rings is 1. The molecule has 0 spiro atoms. The van der Waals surface area contributed by atoms with Crippen LogP contribution >= 0.6 is 0 Å². The van der Waals surface area contributed by atoms with E-state index in [1.165, 1.54) is 6.20 Å². The third kappa shape index (κ3) is 3.12. The van der Waals surface area contributed by atoms with Crippen molar-refractivity contribution in [2.45, 2.75) is 37.6 Å². The highest BCUT2D eigenvalue weighted by Gasteiger charge is 2.44. The number of nitrogens with one attached hydrogen (secondary N) is 1. The first kappa shape index (κ1) is 20.3. The Kier molecular flexibility index (Phi) is 4.76. The van der Waals surface area contributed by atoms with Crippen LogP contribution in [0.2, 0.25) is 0 Å². The number of anilines is 1. The van der Waals surface area contributed by atoms with E-state index in [0.717, 1.165) is 0 Å². The van der Waals surface area contributed by atoms with Gasteiger partial charge in [-0.15, -0.1) is 0 Å². The molecule has 0 radical (unpaired) electrons. The molecule has 9 nitrogen and oxygen atoms in total. The minimum absolute atomic E-state index is 0.0169. The molecule has 3 aromatic heterocycles. The molecule has 1 saturated heterocycles. The fourth-order valence-corrected chi connectivity index (χ4v) is 4.63. The number of hydrogen-bond acceptors (Lipinski definition) is 8. The minimum Gasteiger partial charge on any atom is -0.616 e. The van der Waals surface area contributed by atoms with Gasteiger partial charge in [0.1, 0.15) is 23.7 Å². The number of aromatic hydroxyl groups is 1. The number of morpholine rings is 1. The summed E-state index contributed by atoms with van der Waals surface area (Å²) in [5.74, 6) is 1.52. The maximum atomic E-state index is 12.7. The maximum Gasteiger partial charge on any atom is 0.189 e. The van der Waals surface area contributed by atoms with E-state index in [-0.39, 0.29) is 17.8 Å². The Morgan fingerprint density at radius 3 is 2.87 bits per heavy atom. The van der Waals surface area contributed by atoms with Crippen molar-refractivity contribution in [3.63, 3.8) is 0 Å². The van der Waals surface area contributed by atoms with Crippen LogP contribution in [0.5, 0.6) is 11.5 Å². The van der Waals surface area contributed by atoms with Crippen LogP contribution in [0.3, 0.4) is 0 Å². The van der Waals surface area contributed by atoms with E-state index in [9.17, 15) is 9.66 Å². The smallest absolute Gasteiger partial charge is 0.189 e. The summed E-state index contributed by atoms with van der Waals surface area (Å²) in [4.78, 5) is 19.2. The number of H-pyrrole nitrogens is 1. The van der Waals surface area contributed by atoms with Gasteiger partial charge in [0.2, 0.25) is 0 Å². The van der Waals surface area contributed by atoms with Gasteiger partial charge in [-0.25, -0.2) is 15.0 Å².